The second-order valence-corrected chi connectivity index (χ2v) is 8.23. The summed E-state index contributed by atoms with van der Waals surface area (Å²) in [4.78, 5) is 21.6. The van der Waals surface area contributed by atoms with Crippen LogP contribution < -0.4 is 4.90 Å². The number of hydrogen-bond donors (Lipinski definition) is 0. The Balaban J connectivity index is 1.51. The maximum atomic E-state index is 12.5. The van der Waals surface area contributed by atoms with Gasteiger partial charge in [0.2, 0.25) is 5.91 Å². The van der Waals surface area contributed by atoms with E-state index in [1.165, 1.54) is 25.7 Å². The standard InChI is InChI=1S/C20H29N5O/c1-14(2)17-11-19(25-18(22-17)8-9-21-25)23(3)12-15-10-20(26)24(13-15)16-6-4-5-7-16/h8-9,11,14-16H,4-7,10,12-13H2,1-3H3/t15-/m0/s1. The first kappa shape index (κ1) is 17.3. The van der Waals surface area contributed by atoms with Gasteiger partial charge in [0.05, 0.1) is 6.20 Å². The molecule has 0 bridgehead atoms. The smallest absolute Gasteiger partial charge is 0.223 e. The van der Waals surface area contributed by atoms with Crippen molar-refractivity contribution in [2.75, 3.05) is 25.0 Å². The number of nitrogens with zero attached hydrogens (tertiary/aromatic N) is 5. The molecule has 3 heterocycles. The lowest BCUT2D eigenvalue weighted by atomic mass is 10.1. The Morgan fingerprint density at radius 1 is 1.31 bits per heavy atom. The highest BCUT2D eigenvalue weighted by atomic mass is 16.2. The van der Waals surface area contributed by atoms with E-state index in [1.54, 1.807) is 6.20 Å². The van der Waals surface area contributed by atoms with Crippen LogP contribution in [0.2, 0.25) is 0 Å². The lowest BCUT2D eigenvalue weighted by Crippen LogP contribution is -2.35. The van der Waals surface area contributed by atoms with Gasteiger partial charge in [0.25, 0.3) is 0 Å². The molecule has 2 aromatic heterocycles. The average Bonchev–Trinajstić information content (AvgIpc) is 3.33. The second kappa shape index (κ2) is 6.89. The molecule has 1 saturated heterocycles. The van der Waals surface area contributed by atoms with Gasteiger partial charge < -0.3 is 9.80 Å². The quantitative estimate of drug-likeness (QED) is 0.827. The van der Waals surface area contributed by atoms with E-state index >= 15 is 0 Å². The monoisotopic (exact) mass is 355 g/mol. The average molecular weight is 355 g/mol. The van der Waals surface area contributed by atoms with E-state index in [2.05, 4.69) is 41.9 Å². The van der Waals surface area contributed by atoms with Crippen molar-refractivity contribution in [3.8, 4) is 0 Å². The molecular weight excluding hydrogens is 326 g/mol. The maximum Gasteiger partial charge on any atom is 0.223 e. The van der Waals surface area contributed by atoms with Crippen LogP contribution >= 0.6 is 0 Å². The second-order valence-electron chi connectivity index (χ2n) is 8.23. The predicted octanol–water partition coefficient (Wildman–Crippen LogP) is 3.08. The Hall–Kier alpha value is -2.11. The number of fused-ring (bicyclic) bond motifs is 1. The number of carbonyl (C=O) groups excluding carboxylic acids is 1. The highest BCUT2D eigenvalue weighted by Gasteiger charge is 2.36. The Morgan fingerprint density at radius 3 is 2.81 bits per heavy atom. The molecule has 1 aliphatic carbocycles. The number of anilines is 1. The van der Waals surface area contributed by atoms with Crippen LogP contribution in [-0.2, 0) is 4.79 Å². The summed E-state index contributed by atoms with van der Waals surface area (Å²) >= 11 is 0. The molecule has 0 unspecified atom stereocenters. The zero-order chi connectivity index (χ0) is 18.3. The van der Waals surface area contributed by atoms with Crippen molar-refractivity contribution in [3.63, 3.8) is 0 Å². The van der Waals surface area contributed by atoms with Gasteiger partial charge >= 0.3 is 0 Å². The summed E-state index contributed by atoms with van der Waals surface area (Å²) in [7, 11) is 2.10. The zero-order valence-electron chi connectivity index (χ0n) is 16.1. The van der Waals surface area contributed by atoms with E-state index in [4.69, 9.17) is 4.98 Å². The first-order valence-corrected chi connectivity index (χ1v) is 9.88. The van der Waals surface area contributed by atoms with E-state index < -0.39 is 0 Å². The predicted molar refractivity (Wildman–Crippen MR) is 102 cm³/mol. The van der Waals surface area contributed by atoms with E-state index in [1.807, 2.05) is 10.6 Å². The highest BCUT2D eigenvalue weighted by Crippen LogP contribution is 2.30. The minimum absolute atomic E-state index is 0.345. The molecule has 26 heavy (non-hydrogen) atoms. The number of carbonyl (C=O) groups is 1. The summed E-state index contributed by atoms with van der Waals surface area (Å²) in [6.07, 6.45) is 7.38. The van der Waals surface area contributed by atoms with Gasteiger partial charge in [0.1, 0.15) is 5.82 Å². The molecular formula is C20H29N5O. The fourth-order valence-electron chi connectivity index (χ4n) is 4.46. The molecule has 1 amide bonds. The lowest BCUT2D eigenvalue weighted by molar-refractivity contribution is -0.129. The summed E-state index contributed by atoms with van der Waals surface area (Å²) in [6, 6.07) is 4.57. The molecule has 6 nitrogen and oxygen atoms in total. The van der Waals surface area contributed by atoms with Gasteiger partial charge in [-0.15, -0.1) is 0 Å². The van der Waals surface area contributed by atoms with Crippen LogP contribution in [0, 0.1) is 5.92 Å². The molecule has 4 rings (SSSR count). The van der Waals surface area contributed by atoms with Gasteiger partial charge in [-0.05, 0) is 18.8 Å². The third kappa shape index (κ3) is 3.17. The van der Waals surface area contributed by atoms with E-state index in [9.17, 15) is 4.79 Å². The topological polar surface area (TPSA) is 53.7 Å². The summed E-state index contributed by atoms with van der Waals surface area (Å²) in [5.74, 6) is 2.15. The Bertz CT molecular complexity index is 793. The molecule has 0 spiro atoms. The zero-order valence-corrected chi connectivity index (χ0v) is 16.1. The third-order valence-electron chi connectivity index (χ3n) is 5.88. The van der Waals surface area contributed by atoms with Crippen LogP contribution in [0.5, 0.6) is 0 Å². The van der Waals surface area contributed by atoms with Gasteiger partial charge in [-0.2, -0.15) is 9.61 Å². The Kier molecular flexibility index (Phi) is 4.59. The Morgan fingerprint density at radius 2 is 2.08 bits per heavy atom. The number of likely N-dealkylation sites (tertiary alicyclic amines) is 1. The molecule has 1 aliphatic heterocycles. The van der Waals surface area contributed by atoms with E-state index in [-0.39, 0.29) is 0 Å². The summed E-state index contributed by atoms with van der Waals surface area (Å²) in [5, 5.41) is 4.44. The van der Waals surface area contributed by atoms with E-state index in [0.29, 0.717) is 30.2 Å². The van der Waals surface area contributed by atoms with Crippen molar-refractivity contribution in [2.45, 2.75) is 57.9 Å². The van der Waals surface area contributed by atoms with E-state index in [0.717, 1.165) is 30.2 Å². The van der Waals surface area contributed by atoms with Crippen LogP contribution in [0.25, 0.3) is 5.65 Å². The number of aromatic nitrogens is 3. The van der Waals surface area contributed by atoms with Gasteiger partial charge in [0.15, 0.2) is 5.65 Å². The summed E-state index contributed by atoms with van der Waals surface area (Å²) < 4.78 is 1.90. The van der Waals surface area contributed by atoms with Crippen molar-refractivity contribution < 1.29 is 4.79 Å². The van der Waals surface area contributed by atoms with Crippen LogP contribution in [0.3, 0.4) is 0 Å². The number of rotatable bonds is 5. The molecule has 2 aliphatic rings. The molecule has 1 saturated carbocycles. The van der Waals surface area contributed by atoms with Crippen molar-refractivity contribution in [1.29, 1.82) is 0 Å². The molecule has 0 N–H and O–H groups in total. The molecule has 140 valence electrons. The molecule has 0 aromatic carbocycles. The van der Waals surface area contributed by atoms with Crippen LogP contribution in [0.4, 0.5) is 5.82 Å². The van der Waals surface area contributed by atoms with Gasteiger partial charge in [-0.3, -0.25) is 4.79 Å². The van der Waals surface area contributed by atoms with Crippen LogP contribution in [0.1, 0.15) is 57.6 Å². The maximum absolute atomic E-state index is 12.5. The molecule has 6 heteroatoms. The summed E-state index contributed by atoms with van der Waals surface area (Å²) in [6.45, 7) is 6.09. The minimum Gasteiger partial charge on any atom is -0.359 e. The first-order valence-electron chi connectivity index (χ1n) is 9.88. The van der Waals surface area contributed by atoms with Crippen LogP contribution in [-0.4, -0.2) is 51.6 Å². The first-order chi connectivity index (χ1) is 12.5. The minimum atomic E-state index is 0.345. The molecule has 0 radical (unpaired) electrons. The van der Waals surface area contributed by atoms with Crippen LogP contribution in [0.15, 0.2) is 18.3 Å². The summed E-state index contributed by atoms with van der Waals surface area (Å²) in [5.41, 5.74) is 1.96. The number of amides is 1. The fourth-order valence-corrected chi connectivity index (χ4v) is 4.46. The van der Waals surface area contributed by atoms with Gasteiger partial charge in [-0.1, -0.05) is 26.7 Å². The normalized spacial score (nSPS) is 21.5. The van der Waals surface area contributed by atoms with Crippen molar-refractivity contribution in [3.05, 3.63) is 24.0 Å². The van der Waals surface area contributed by atoms with Gasteiger partial charge in [-0.25, -0.2) is 4.98 Å². The lowest BCUT2D eigenvalue weighted by Gasteiger charge is -2.26. The van der Waals surface area contributed by atoms with Crippen molar-refractivity contribution in [1.82, 2.24) is 19.5 Å². The van der Waals surface area contributed by atoms with Gasteiger partial charge in [0, 0.05) is 56.3 Å². The SMILES string of the molecule is CC(C)c1cc(N(C)C[C@@H]2CC(=O)N(C3CCCC3)C2)n2nccc2n1. The molecule has 2 fully saturated rings. The molecule has 1 atom stereocenters. The van der Waals surface area contributed by atoms with Crippen molar-refractivity contribution >= 4 is 17.4 Å². The third-order valence-corrected chi connectivity index (χ3v) is 5.88. The fraction of sp³-hybridized carbons (Fsp3) is 0.650. The Labute approximate surface area is 155 Å². The highest BCUT2D eigenvalue weighted by molar-refractivity contribution is 5.79. The molecule has 2 aromatic rings. The van der Waals surface area contributed by atoms with Crippen molar-refractivity contribution in [2.24, 2.45) is 5.92 Å². The number of hydrogen-bond acceptors (Lipinski definition) is 4. The largest absolute Gasteiger partial charge is 0.359 e.